The standard InChI is InChI=1S/C13H9NS.C4H4S/c1-2-6-10(7-3-1)13-14-11-8-4-5-9-12(11)15-13;1-2-4-5-3-1/h1-9H;1-4H. The van der Waals surface area contributed by atoms with Crippen LogP contribution in [0.15, 0.2) is 77.5 Å². The molecule has 0 spiro atoms. The molecule has 0 aliphatic rings. The summed E-state index contributed by atoms with van der Waals surface area (Å²) < 4.78 is 1.25. The van der Waals surface area contributed by atoms with Gasteiger partial charge in [0.25, 0.3) is 0 Å². The van der Waals surface area contributed by atoms with Gasteiger partial charge in [-0.15, -0.1) is 11.3 Å². The molecular weight excluding hydrogens is 282 g/mol. The first kappa shape index (κ1) is 13.0. The summed E-state index contributed by atoms with van der Waals surface area (Å²) in [7, 11) is 0. The molecule has 0 saturated carbocycles. The van der Waals surface area contributed by atoms with Crippen molar-refractivity contribution in [2.24, 2.45) is 0 Å². The monoisotopic (exact) mass is 295 g/mol. The molecule has 0 saturated heterocycles. The highest BCUT2D eigenvalue weighted by molar-refractivity contribution is 7.21. The van der Waals surface area contributed by atoms with Crippen LogP contribution in [0.2, 0.25) is 0 Å². The molecule has 0 atom stereocenters. The predicted octanol–water partition coefficient (Wildman–Crippen LogP) is 5.71. The van der Waals surface area contributed by atoms with E-state index in [1.165, 1.54) is 10.3 Å². The van der Waals surface area contributed by atoms with Gasteiger partial charge in [-0.25, -0.2) is 4.98 Å². The molecule has 0 fully saturated rings. The lowest BCUT2D eigenvalue weighted by Crippen LogP contribution is -1.73. The second-order valence-corrected chi connectivity index (χ2v) is 5.99. The normalized spacial score (nSPS) is 10.0. The number of nitrogens with zero attached hydrogens (tertiary/aromatic N) is 1. The van der Waals surface area contributed by atoms with Crippen molar-refractivity contribution in [1.82, 2.24) is 4.98 Å². The maximum absolute atomic E-state index is 4.60. The van der Waals surface area contributed by atoms with Gasteiger partial charge in [-0.3, -0.25) is 0 Å². The van der Waals surface area contributed by atoms with Crippen LogP contribution in [-0.4, -0.2) is 4.98 Å². The minimum Gasteiger partial charge on any atom is -0.236 e. The minimum atomic E-state index is 1.08. The molecule has 2 heterocycles. The Labute approximate surface area is 126 Å². The molecule has 0 N–H and O–H groups in total. The first-order valence-corrected chi connectivity index (χ1v) is 8.07. The third-order valence-electron chi connectivity index (χ3n) is 2.74. The molecule has 20 heavy (non-hydrogen) atoms. The Balaban J connectivity index is 0.000000205. The number of hydrogen-bond donors (Lipinski definition) is 0. The van der Waals surface area contributed by atoms with Crippen molar-refractivity contribution in [1.29, 1.82) is 0 Å². The highest BCUT2D eigenvalue weighted by Gasteiger charge is 2.03. The van der Waals surface area contributed by atoms with Crippen molar-refractivity contribution in [2.45, 2.75) is 0 Å². The number of fused-ring (bicyclic) bond motifs is 1. The summed E-state index contributed by atoms with van der Waals surface area (Å²) in [6.45, 7) is 0. The molecule has 2 aromatic heterocycles. The van der Waals surface area contributed by atoms with E-state index in [-0.39, 0.29) is 0 Å². The molecule has 0 bridgehead atoms. The zero-order valence-electron chi connectivity index (χ0n) is 10.8. The third-order valence-corrected chi connectivity index (χ3v) is 4.45. The minimum absolute atomic E-state index is 1.08. The molecule has 0 unspecified atom stereocenters. The number of benzene rings is 2. The molecule has 1 nitrogen and oxygen atoms in total. The van der Waals surface area contributed by atoms with Crippen LogP contribution in [0.4, 0.5) is 0 Å². The van der Waals surface area contributed by atoms with Crippen molar-refractivity contribution < 1.29 is 0 Å². The molecule has 4 rings (SSSR count). The lowest BCUT2D eigenvalue weighted by Gasteiger charge is -1.92. The number of para-hydroxylation sites is 1. The molecular formula is C17H13NS2. The van der Waals surface area contributed by atoms with E-state index < -0.39 is 0 Å². The van der Waals surface area contributed by atoms with E-state index >= 15 is 0 Å². The van der Waals surface area contributed by atoms with E-state index in [9.17, 15) is 0 Å². The lowest BCUT2D eigenvalue weighted by atomic mass is 10.2. The summed E-state index contributed by atoms with van der Waals surface area (Å²) in [5, 5.41) is 5.18. The largest absolute Gasteiger partial charge is 0.236 e. The molecule has 98 valence electrons. The van der Waals surface area contributed by atoms with Crippen LogP contribution < -0.4 is 0 Å². The third kappa shape index (κ3) is 3.13. The van der Waals surface area contributed by atoms with E-state index in [1.807, 2.05) is 47.2 Å². The molecule has 2 aromatic carbocycles. The van der Waals surface area contributed by atoms with Gasteiger partial charge in [0.2, 0.25) is 0 Å². The summed E-state index contributed by atoms with van der Waals surface area (Å²) >= 11 is 3.45. The fraction of sp³-hybridized carbons (Fsp3) is 0. The maximum Gasteiger partial charge on any atom is 0.124 e. The summed E-state index contributed by atoms with van der Waals surface area (Å²) in [5.74, 6) is 0. The van der Waals surface area contributed by atoms with E-state index in [0.717, 1.165) is 10.5 Å². The first-order valence-electron chi connectivity index (χ1n) is 6.31. The molecule has 0 radical (unpaired) electrons. The van der Waals surface area contributed by atoms with E-state index in [0.29, 0.717) is 0 Å². The lowest BCUT2D eigenvalue weighted by molar-refractivity contribution is 1.48. The van der Waals surface area contributed by atoms with Crippen molar-refractivity contribution >= 4 is 32.9 Å². The Morgan fingerprint density at radius 1 is 0.700 bits per heavy atom. The summed E-state index contributed by atoms with van der Waals surface area (Å²) in [6.07, 6.45) is 0. The molecule has 4 aromatic rings. The number of aromatic nitrogens is 1. The van der Waals surface area contributed by atoms with Gasteiger partial charge in [-0.1, -0.05) is 54.6 Å². The first-order chi connectivity index (χ1) is 9.93. The average molecular weight is 295 g/mol. The number of thiazole rings is 1. The van der Waals surface area contributed by atoms with Crippen LogP contribution in [0.3, 0.4) is 0 Å². The van der Waals surface area contributed by atoms with Gasteiger partial charge in [-0.05, 0) is 22.9 Å². The number of hydrogen-bond acceptors (Lipinski definition) is 3. The predicted molar refractivity (Wildman–Crippen MR) is 89.4 cm³/mol. The Kier molecular flexibility index (Phi) is 4.21. The summed E-state index contributed by atoms with van der Waals surface area (Å²) in [5.41, 5.74) is 2.28. The topological polar surface area (TPSA) is 12.9 Å². The van der Waals surface area contributed by atoms with Gasteiger partial charge in [0, 0.05) is 5.56 Å². The fourth-order valence-corrected chi connectivity index (χ4v) is 3.23. The van der Waals surface area contributed by atoms with Crippen LogP contribution in [0, 0.1) is 0 Å². The van der Waals surface area contributed by atoms with Gasteiger partial charge in [-0.2, -0.15) is 11.3 Å². The summed E-state index contributed by atoms with van der Waals surface area (Å²) in [4.78, 5) is 4.60. The smallest absolute Gasteiger partial charge is 0.124 e. The molecule has 0 aliphatic carbocycles. The molecule has 3 heteroatoms. The second-order valence-electron chi connectivity index (χ2n) is 4.15. The van der Waals surface area contributed by atoms with Crippen molar-refractivity contribution in [2.75, 3.05) is 0 Å². The van der Waals surface area contributed by atoms with Crippen LogP contribution >= 0.6 is 22.7 Å². The van der Waals surface area contributed by atoms with Gasteiger partial charge in [0.15, 0.2) is 0 Å². The second kappa shape index (κ2) is 6.46. The van der Waals surface area contributed by atoms with Crippen molar-refractivity contribution in [3.05, 3.63) is 77.5 Å². The number of thiophene rings is 1. The van der Waals surface area contributed by atoms with Gasteiger partial charge in [0.05, 0.1) is 10.2 Å². The quantitative estimate of drug-likeness (QED) is 0.438. The van der Waals surface area contributed by atoms with Crippen LogP contribution in [0.5, 0.6) is 0 Å². The summed E-state index contributed by atoms with van der Waals surface area (Å²) in [6, 6.07) is 22.6. The van der Waals surface area contributed by atoms with Gasteiger partial charge in [0.1, 0.15) is 5.01 Å². The van der Waals surface area contributed by atoms with Crippen LogP contribution in [-0.2, 0) is 0 Å². The van der Waals surface area contributed by atoms with E-state index in [4.69, 9.17) is 0 Å². The highest BCUT2D eigenvalue weighted by atomic mass is 32.1. The van der Waals surface area contributed by atoms with Crippen LogP contribution in [0.25, 0.3) is 20.8 Å². The van der Waals surface area contributed by atoms with Crippen molar-refractivity contribution in [3.63, 3.8) is 0 Å². The SMILES string of the molecule is c1ccc(-c2nc3ccccc3s2)cc1.c1ccsc1. The zero-order chi connectivity index (χ0) is 13.6. The Morgan fingerprint density at radius 2 is 1.40 bits per heavy atom. The highest BCUT2D eigenvalue weighted by Crippen LogP contribution is 2.29. The van der Waals surface area contributed by atoms with E-state index in [2.05, 4.69) is 35.3 Å². The van der Waals surface area contributed by atoms with Crippen molar-refractivity contribution in [3.8, 4) is 10.6 Å². The molecule has 0 amide bonds. The Morgan fingerprint density at radius 3 is 2.05 bits per heavy atom. The van der Waals surface area contributed by atoms with Gasteiger partial charge < -0.3 is 0 Å². The average Bonchev–Trinajstić information content (AvgIpc) is 3.20. The zero-order valence-corrected chi connectivity index (χ0v) is 12.4. The Bertz CT molecular complexity index is 708. The number of rotatable bonds is 1. The van der Waals surface area contributed by atoms with Gasteiger partial charge >= 0.3 is 0 Å². The Hall–Kier alpha value is -1.97. The van der Waals surface area contributed by atoms with Crippen LogP contribution in [0.1, 0.15) is 0 Å². The maximum atomic E-state index is 4.60. The van der Waals surface area contributed by atoms with E-state index in [1.54, 1.807) is 22.7 Å². The fourth-order valence-electron chi connectivity index (χ4n) is 1.80. The molecule has 0 aliphatic heterocycles.